The summed E-state index contributed by atoms with van der Waals surface area (Å²) in [7, 11) is 0. The summed E-state index contributed by atoms with van der Waals surface area (Å²) in [6.07, 6.45) is 11.8. The van der Waals surface area contributed by atoms with Gasteiger partial charge in [-0.15, -0.1) is 0 Å². The maximum Gasteiger partial charge on any atom is 0.0607 e. The van der Waals surface area contributed by atoms with E-state index in [2.05, 4.69) is 42.5 Å². The Morgan fingerprint density at radius 3 is 2.76 bits per heavy atom. The number of aliphatic hydroxyl groups is 1. The smallest absolute Gasteiger partial charge is 0.0607 e. The minimum Gasteiger partial charge on any atom is -0.393 e. The molecular formula is C19H27IO. The lowest BCUT2D eigenvalue weighted by Gasteiger charge is -2.59. The van der Waals surface area contributed by atoms with Gasteiger partial charge in [-0.1, -0.05) is 19.9 Å². The van der Waals surface area contributed by atoms with E-state index in [9.17, 15) is 5.11 Å². The second kappa shape index (κ2) is 3.91. The van der Waals surface area contributed by atoms with Crippen molar-refractivity contribution in [2.24, 2.45) is 39.9 Å². The number of hydrogen-bond donors (Lipinski definition) is 1. The summed E-state index contributed by atoms with van der Waals surface area (Å²) in [5, 5.41) is 11.0. The Balaban J connectivity index is 1.56. The molecule has 5 rings (SSSR count). The molecule has 0 unspecified atom stereocenters. The predicted octanol–water partition coefficient (Wildman–Crippen LogP) is 4.93. The molecule has 0 amide bonds. The summed E-state index contributed by atoms with van der Waals surface area (Å²) >= 11 is 2.60. The standard InChI is InChI=1S/C19H27IO/c1-17-7-6-14-12(13(17)3-4-15(17)20)9-16(21)19-10-11(19)5-8-18(14,19)2/h4,11-14,16,21H,3,5-10H2,1-2H3/t11-,12+,13+,14+,16-,17+,18-,19+/m1/s1. The van der Waals surface area contributed by atoms with Gasteiger partial charge in [-0.3, -0.25) is 0 Å². The predicted molar refractivity (Wildman–Crippen MR) is 93.0 cm³/mol. The second-order valence-corrected chi connectivity index (χ2v) is 10.4. The van der Waals surface area contributed by atoms with Gasteiger partial charge in [0.05, 0.1) is 6.10 Å². The fourth-order valence-electron chi connectivity index (χ4n) is 7.82. The maximum absolute atomic E-state index is 11.0. The summed E-state index contributed by atoms with van der Waals surface area (Å²) in [6, 6.07) is 0. The summed E-state index contributed by atoms with van der Waals surface area (Å²) in [5.41, 5.74) is 1.24. The quantitative estimate of drug-likeness (QED) is 0.574. The van der Waals surface area contributed by atoms with Crippen molar-refractivity contribution in [3.63, 3.8) is 0 Å². The van der Waals surface area contributed by atoms with Gasteiger partial charge in [0.15, 0.2) is 0 Å². The lowest BCUT2D eigenvalue weighted by Crippen LogP contribution is -2.56. The van der Waals surface area contributed by atoms with Gasteiger partial charge in [-0.2, -0.15) is 0 Å². The van der Waals surface area contributed by atoms with E-state index in [1.807, 2.05) is 0 Å². The Bertz CT molecular complexity index is 542. The average Bonchev–Trinajstić information content (AvgIpc) is 3.01. The number of fused-ring (bicyclic) bond motifs is 4. The first-order valence-corrected chi connectivity index (χ1v) is 10.1. The Labute approximate surface area is 142 Å². The van der Waals surface area contributed by atoms with Crippen molar-refractivity contribution in [3.8, 4) is 0 Å². The first-order chi connectivity index (χ1) is 9.93. The fourth-order valence-corrected chi connectivity index (χ4v) is 8.75. The Morgan fingerprint density at radius 2 is 2.00 bits per heavy atom. The van der Waals surface area contributed by atoms with Crippen molar-refractivity contribution < 1.29 is 5.11 Å². The zero-order valence-electron chi connectivity index (χ0n) is 13.2. The van der Waals surface area contributed by atoms with E-state index in [0.717, 1.165) is 30.1 Å². The molecule has 5 aliphatic carbocycles. The Hall–Kier alpha value is 0.430. The Morgan fingerprint density at radius 1 is 1.19 bits per heavy atom. The lowest BCUT2D eigenvalue weighted by molar-refractivity contribution is -0.141. The highest BCUT2D eigenvalue weighted by Crippen LogP contribution is 2.81. The molecule has 1 nitrogen and oxygen atoms in total. The van der Waals surface area contributed by atoms with Crippen LogP contribution in [0.2, 0.25) is 0 Å². The van der Waals surface area contributed by atoms with Crippen LogP contribution in [0.5, 0.6) is 0 Å². The zero-order chi connectivity index (χ0) is 14.6. The van der Waals surface area contributed by atoms with Crippen molar-refractivity contribution in [1.29, 1.82) is 0 Å². The van der Waals surface area contributed by atoms with Crippen LogP contribution in [-0.2, 0) is 0 Å². The molecule has 2 heteroatoms. The maximum atomic E-state index is 11.0. The second-order valence-electron chi connectivity index (χ2n) is 9.27. The molecule has 0 bridgehead atoms. The van der Waals surface area contributed by atoms with Gasteiger partial charge in [0, 0.05) is 10.8 Å². The van der Waals surface area contributed by atoms with Gasteiger partial charge in [-0.25, -0.2) is 0 Å². The molecule has 0 heterocycles. The molecule has 116 valence electrons. The number of aliphatic hydroxyl groups excluding tert-OH is 1. The molecule has 4 fully saturated rings. The van der Waals surface area contributed by atoms with E-state index in [0.29, 0.717) is 16.2 Å². The molecule has 0 saturated heterocycles. The van der Waals surface area contributed by atoms with Crippen molar-refractivity contribution >= 4 is 22.6 Å². The number of halogens is 1. The van der Waals surface area contributed by atoms with E-state index in [4.69, 9.17) is 0 Å². The molecule has 4 saturated carbocycles. The third kappa shape index (κ3) is 1.36. The molecule has 0 radical (unpaired) electrons. The van der Waals surface area contributed by atoms with Crippen LogP contribution in [-0.4, -0.2) is 11.2 Å². The van der Waals surface area contributed by atoms with Crippen molar-refractivity contribution in [3.05, 3.63) is 9.66 Å². The molecule has 1 spiro atoms. The topological polar surface area (TPSA) is 20.2 Å². The van der Waals surface area contributed by atoms with Gasteiger partial charge in [0.1, 0.15) is 0 Å². The van der Waals surface area contributed by atoms with Gasteiger partial charge in [-0.05, 0) is 100 Å². The van der Waals surface area contributed by atoms with E-state index < -0.39 is 0 Å². The molecule has 0 aliphatic heterocycles. The highest BCUT2D eigenvalue weighted by molar-refractivity contribution is 14.1. The molecule has 0 aromatic heterocycles. The lowest BCUT2D eigenvalue weighted by atomic mass is 9.46. The summed E-state index contributed by atoms with van der Waals surface area (Å²) < 4.78 is 1.61. The van der Waals surface area contributed by atoms with Crippen LogP contribution in [0.15, 0.2) is 9.66 Å². The van der Waals surface area contributed by atoms with Crippen molar-refractivity contribution in [2.75, 3.05) is 0 Å². The number of hydrogen-bond acceptors (Lipinski definition) is 1. The van der Waals surface area contributed by atoms with Crippen LogP contribution in [0.1, 0.15) is 58.8 Å². The van der Waals surface area contributed by atoms with Gasteiger partial charge < -0.3 is 5.11 Å². The molecule has 0 aromatic carbocycles. The SMILES string of the molecule is C[C@]12CC[C@H]3[C@@H](C[C@@H](O)[C@]45C[C@H]4CC[C@]35C)[C@@H]1CC=C2I. The highest BCUT2D eigenvalue weighted by Gasteiger charge is 2.76. The van der Waals surface area contributed by atoms with Gasteiger partial charge in [0.2, 0.25) is 0 Å². The van der Waals surface area contributed by atoms with Crippen molar-refractivity contribution in [1.82, 2.24) is 0 Å². The molecular weight excluding hydrogens is 371 g/mol. The van der Waals surface area contributed by atoms with E-state index in [-0.39, 0.29) is 6.10 Å². The van der Waals surface area contributed by atoms with Crippen LogP contribution in [0.4, 0.5) is 0 Å². The normalized spacial score (nSPS) is 64.2. The molecule has 1 N–H and O–H groups in total. The minimum atomic E-state index is -0.00291. The van der Waals surface area contributed by atoms with E-state index in [1.54, 1.807) is 3.58 Å². The Kier molecular flexibility index (Phi) is 2.57. The van der Waals surface area contributed by atoms with Crippen LogP contribution >= 0.6 is 22.6 Å². The fraction of sp³-hybridized carbons (Fsp3) is 0.895. The van der Waals surface area contributed by atoms with Crippen molar-refractivity contribution in [2.45, 2.75) is 64.9 Å². The van der Waals surface area contributed by atoms with Crippen LogP contribution in [0.25, 0.3) is 0 Å². The summed E-state index contributed by atoms with van der Waals surface area (Å²) in [5.74, 6) is 3.35. The van der Waals surface area contributed by atoms with Crippen LogP contribution < -0.4 is 0 Å². The van der Waals surface area contributed by atoms with E-state index in [1.165, 1.54) is 38.5 Å². The zero-order valence-corrected chi connectivity index (χ0v) is 15.4. The van der Waals surface area contributed by atoms with Crippen LogP contribution in [0.3, 0.4) is 0 Å². The average molecular weight is 398 g/mol. The van der Waals surface area contributed by atoms with E-state index >= 15 is 0 Å². The molecule has 0 aromatic rings. The largest absolute Gasteiger partial charge is 0.393 e. The van der Waals surface area contributed by atoms with Gasteiger partial charge in [0.25, 0.3) is 0 Å². The third-order valence-electron chi connectivity index (χ3n) is 9.06. The minimum absolute atomic E-state index is 0.00291. The highest BCUT2D eigenvalue weighted by atomic mass is 127. The van der Waals surface area contributed by atoms with Crippen LogP contribution in [0, 0.1) is 39.9 Å². The number of rotatable bonds is 0. The molecule has 21 heavy (non-hydrogen) atoms. The first kappa shape index (κ1) is 13.8. The molecule has 5 aliphatic rings. The van der Waals surface area contributed by atoms with Gasteiger partial charge >= 0.3 is 0 Å². The first-order valence-electron chi connectivity index (χ1n) is 8.98. The monoisotopic (exact) mass is 398 g/mol. The summed E-state index contributed by atoms with van der Waals surface area (Å²) in [4.78, 5) is 0. The molecule has 8 atom stereocenters. The number of allylic oxidation sites excluding steroid dienone is 2. The third-order valence-corrected chi connectivity index (χ3v) is 10.7. The summed E-state index contributed by atoms with van der Waals surface area (Å²) in [6.45, 7) is 5.07.